The van der Waals surface area contributed by atoms with Gasteiger partial charge in [0.25, 0.3) is 0 Å². The van der Waals surface area contributed by atoms with Crippen molar-refractivity contribution in [1.29, 1.82) is 0 Å². The van der Waals surface area contributed by atoms with Crippen molar-refractivity contribution in [3.05, 3.63) is 48.5 Å². The van der Waals surface area contributed by atoms with E-state index in [-0.39, 0.29) is 11.8 Å². The summed E-state index contributed by atoms with van der Waals surface area (Å²) in [6.45, 7) is 1.81. The van der Waals surface area contributed by atoms with E-state index in [1.165, 1.54) is 6.33 Å². The van der Waals surface area contributed by atoms with Gasteiger partial charge in [-0.2, -0.15) is 5.10 Å². The monoisotopic (exact) mass is 201 g/mol. The molecule has 4 heteroatoms. The SMILES string of the molecule is CC(C(=O)c1ccccc1)n1cncn1. The second-order valence-electron chi connectivity index (χ2n) is 3.28. The summed E-state index contributed by atoms with van der Waals surface area (Å²) in [5, 5.41) is 3.95. The Morgan fingerprint density at radius 1 is 1.33 bits per heavy atom. The molecule has 1 aromatic carbocycles. The maximum Gasteiger partial charge on any atom is 0.187 e. The zero-order chi connectivity index (χ0) is 10.7. The van der Waals surface area contributed by atoms with Crippen LogP contribution in [0.15, 0.2) is 43.0 Å². The minimum Gasteiger partial charge on any atom is -0.292 e. The van der Waals surface area contributed by atoms with Crippen molar-refractivity contribution in [2.24, 2.45) is 0 Å². The first-order chi connectivity index (χ1) is 7.29. The number of aromatic nitrogens is 3. The van der Waals surface area contributed by atoms with Gasteiger partial charge in [0.1, 0.15) is 18.7 Å². The van der Waals surface area contributed by atoms with E-state index in [9.17, 15) is 4.79 Å². The molecule has 4 nitrogen and oxygen atoms in total. The van der Waals surface area contributed by atoms with Crippen LogP contribution in [-0.2, 0) is 0 Å². The third-order valence-corrected chi connectivity index (χ3v) is 2.27. The Morgan fingerprint density at radius 2 is 2.07 bits per heavy atom. The van der Waals surface area contributed by atoms with E-state index < -0.39 is 0 Å². The first kappa shape index (κ1) is 9.58. The summed E-state index contributed by atoms with van der Waals surface area (Å²) < 4.78 is 1.55. The first-order valence-electron chi connectivity index (χ1n) is 4.72. The minimum absolute atomic E-state index is 0.0427. The van der Waals surface area contributed by atoms with E-state index in [0.29, 0.717) is 5.56 Å². The van der Waals surface area contributed by atoms with Crippen molar-refractivity contribution in [2.75, 3.05) is 0 Å². The molecular weight excluding hydrogens is 190 g/mol. The molecule has 0 fully saturated rings. The smallest absolute Gasteiger partial charge is 0.187 e. The van der Waals surface area contributed by atoms with Crippen LogP contribution < -0.4 is 0 Å². The summed E-state index contributed by atoms with van der Waals surface area (Å²) in [7, 11) is 0. The molecule has 1 aromatic heterocycles. The molecular formula is C11H11N3O. The fourth-order valence-corrected chi connectivity index (χ4v) is 1.38. The average Bonchev–Trinajstić information content (AvgIpc) is 2.82. The fraction of sp³-hybridized carbons (Fsp3) is 0.182. The summed E-state index contributed by atoms with van der Waals surface area (Å²) in [5.41, 5.74) is 0.695. The van der Waals surface area contributed by atoms with Crippen LogP contribution in [0, 0.1) is 0 Å². The number of carbonyl (C=O) groups is 1. The Balaban J connectivity index is 2.23. The molecule has 1 unspecified atom stereocenters. The van der Waals surface area contributed by atoms with Crippen LogP contribution in [0.5, 0.6) is 0 Å². The normalized spacial score (nSPS) is 12.3. The van der Waals surface area contributed by atoms with E-state index in [1.54, 1.807) is 23.1 Å². The minimum atomic E-state index is -0.310. The highest BCUT2D eigenvalue weighted by molar-refractivity contribution is 5.98. The lowest BCUT2D eigenvalue weighted by atomic mass is 10.1. The molecule has 15 heavy (non-hydrogen) atoms. The summed E-state index contributed by atoms with van der Waals surface area (Å²) in [4.78, 5) is 15.8. The van der Waals surface area contributed by atoms with Crippen LogP contribution >= 0.6 is 0 Å². The summed E-state index contributed by atoms with van der Waals surface area (Å²) in [5.74, 6) is 0.0427. The Bertz CT molecular complexity index is 436. The highest BCUT2D eigenvalue weighted by atomic mass is 16.1. The number of nitrogens with zero attached hydrogens (tertiary/aromatic N) is 3. The third kappa shape index (κ3) is 1.93. The molecule has 0 spiro atoms. The van der Waals surface area contributed by atoms with Gasteiger partial charge in [-0.05, 0) is 6.92 Å². The molecule has 76 valence electrons. The third-order valence-electron chi connectivity index (χ3n) is 2.27. The lowest BCUT2D eigenvalue weighted by Crippen LogP contribution is -2.16. The van der Waals surface area contributed by atoms with Gasteiger partial charge in [-0.25, -0.2) is 9.67 Å². The van der Waals surface area contributed by atoms with Crippen molar-refractivity contribution < 1.29 is 4.79 Å². The highest BCUT2D eigenvalue weighted by Crippen LogP contribution is 2.11. The van der Waals surface area contributed by atoms with Crippen molar-refractivity contribution in [1.82, 2.24) is 14.8 Å². The molecule has 0 bridgehead atoms. The van der Waals surface area contributed by atoms with Crippen molar-refractivity contribution in [3.8, 4) is 0 Å². The van der Waals surface area contributed by atoms with Gasteiger partial charge >= 0.3 is 0 Å². The Hall–Kier alpha value is -1.97. The number of ketones is 1. The van der Waals surface area contributed by atoms with Gasteiger partial charge in [0.05, 0.1) is 0 Å². The van der Waals surface area contributed by atoms with Crippen LogP contribution in [0.4, 0.5) is 0 Å². The van der Waals surface area contributed by atoms with Gasteiger partial charge in [0.15, 0.2) is 5.78 Å². The van der Waals surface area contributed by atoms with Crippen LogP contribution in [0.2, 0.25) is 0 Å². The number of hydrogen-bond acceptors (Lipinski definition) is 3. The van der Waals surface area contributed by atoms with Crippen LogP contribution in [0.1, 0.15) is 23.3 Å². The maximum atomic E-state index is 12.0. The zero-order valence-corrected chi connectivity index (χ0v) is 8.37. The fourth-order valence-electron chi connectivity index (χ4n) is 1.38. The highest BCUT2D eigenvalue weighted by Gasteiger charge is 2.16. The molecule has 0 aliphatic carbocycles. The van der Waals surface area contributed by atoms with E-state index in [1.807, 2.05) is 25.1 Å². The van der Waals surface area contributed by atoms with Gasteiger partial charge in [0.2, 0.25) is 0 Å². The largest absolute Gasteiger partial charge is 0.292 e. The Kier molecular flexibility index (Phi) is 2.58. The predicted octanol–water partition coefficient (Wildman–Crippen LogP) is 1.72. The van der Waals surface area contributed by atoms with Gasteiger partial charge in [-0.3, -0.25) is 4.79 Å². The van der Waals surface area contributed by atoms with Gasteiger partial charge in [-0.1, -0.05) is 30.3 Å². The maximum absolute atomic E-state index is 12.0. The second kappa shape index (κ2) is 4.04. The number of hydrogen-bond donors (Lipinski definition) is 0. The van der Waals surface area contributed by atoms with Crippen LogP contribution in [0.3, 0.4) is 0 Å². The molecule has 2 rings (SSSR count). The topological polar surface area (TPSA) is 47.8 Å². The molecule has 0 amide bonds. The summed E-state index contributed by atoms with van der Waals surface area (Å²) >= 11 is 0. The molecule has 1 atom stereocenters. The van der Waals surface area contributed by atoms with E-state index >= 15 is 0 Å². The lowest BCUT2D eigenvalue weighted by molar-refractivity contribution is 0.0928. The molecule has 0 saturated carbocycles. The molecule has 2 aromatic rings. The summed E-state index contributed by atoms with van der Waals surface area (Å²) in [6.07, 6.45) is 2.97. The van der Waals surface area contributed by atoms with Gasteiger partial charge in [-0.15, -0.1) is 0 Å². The number of rotatable bonds is 3. The average molecular weight is 201 g/mol. The van der Waals surface area contributed by atoms with E-state index in [4.69, 9.17) is 0 Å². The quantitative estimate of drug-likeness (QED) is 0.710. The number of Topliss-reactive ketones (excluding diaryl/α,β-unsaturated/α-hetero) is 1. The lowest BCUT2D eigenvalue weighted by Gasteiger charge is -2.09. The molecule has 0 N–H and O–H groups in total. The molecule has 0 aliphatic rings. The molecule has 0 radical (unpaired) electrons. The van der Waals surface area contributed by atoms with E-state index in [0.717, 1.165) is 0 Å². The zero-order valence-electron chi connectivity index (χ0n) is 8.37. The first-order valence-corrected chi connectivity index (χ1v) is 4.72. The predicted molar refractivity (Wildman–Crippen MR) is 55.5 cm³/mol. The molecule has 0 aliphatic heterocycles. The van der Waals surface area contributed by atoms with Crippen LogP contribution in [0.25, 0.3) is 0 Å². The van der Waals surface area contributed by atoms with Crippen molar-refractivity contribution in [3.63, 3.8) is 0 Å². The molecule has 0 saturated heterocycles. The Labute approximate surface area is 87.6 Å². The second-order valence-corrected chi connectivity index (χ2v) is 3.28. The van der Waals surface area contributed by atoms with Crippen molar-refractivity contribution >= 4 is 5.78 Å². The summed E-state index contributed by atoms with van der Waals surface area (Å²) in [6, 6.07) is 8.88. The standard InChI is InChI=1S/C11H11N3O/c1-9(14-8-12-7-13-14)11(15)10-5-3-2-4-6-10/h2-9H,1H3. The number of benzene rings is 1. The number of carbonyl (C=O) groups excluding carboxylic acids is 1. The van der Waals surface area contributed by atoms with E-state index in [2.05, 4.69) is 10.1 Å². The molecule has 1 heterocycles. The van der Waals surface area contributed by atoms with Gasteiger partial charge in [0, 0.05) is 5.56 Å². The van der Waals surface area contributed by atoms with Gasteiger partial charge < -0.3 is 0 Å². The van der Waals surface area contributed by atoms with Crippen molar-refractivity contribution in [2.45, 2.75) is 13.0 Å². The Morgan fingerprint density at radius 3 is 2.67 bits per heavy atom. The van der Waals surface area contributed by atoms with Crippen LogP contribution in [-0.4, -0.2) is 20.5 Å².